The zero-order valence-corrected chi connectivity index (χ0v) is 11.9. The van der Waals surface area contributed by atoms with Gasteiger partial charge in [-0.05, 0) is 26.2 Å². The first kappa shape index (κ1) is 18.9. The average molecular weight is 256 g/mol. The molecule has 0 N–H and O–H groups in total. The highest BCUT2D eigenvalue weighted by Crippen LogP contribution is 2.20. The Bertz CT molecular complexity index is 286. The van der Waals surface area contributed by atoms with E-state index in [1.54, 1.807) is 0 Å². The predicted octanol–water partition coefficient (Wildman–Crippen LogP) is 3.27. The van der Waals surface area contributed by atoms with Crippen molar-refractivity contribution in [3.63, 3.8) is 0 Å². The number of rotatable bonds is 7. The van der Waals surface area contributed by atoms with Crippen LogP contribution in [0.25, 0.3) is 0 Å². The van der Waals surface area contributed by atoms with Crippen molar-refractivity contribution >= 4 is 12.1 Å². The Morgan fingerprint density at radius 3 is 1.83 bits per heavy atom. The van der Waals surface area contributed by atoms with Crippen LogP contribution in [0.4, 0.5) is 0 Å². The van der Waals surface area contributed by atoms with Gasteiger partial charge in [0.2, 0.25) is 0 Å². The van der Waals surface area contributed by atoms with E-state index >= 15 is 0 Å². The van der Waals surface area contributed by atoms with Gasteiger partial charge < -0.3 is 4.74 Å². The van der Waals surface area contributed by atoms with E-state index in [-0.39, 0.29) is 12.1 Å². The smallest absolute Gasteiger partial charge is 0.373 e. The molecule has 0 bridgehead atoms. The molecule has 104 valence electrons. The first-order chi connectivity index (χ1) is 8.62. The molecular formula is C14H24O4. The van der Waals surface area contributed by atoms with E-state index in [0.29, 0.717) is 6.61 Å². The van der Waals surface area contributed by atoms with Crippen LogP contribution >= 0.6 is 0 Å². The van der Waals surface area contributed by atoms with Crippen molar-refractivity contribution in [2.24, 2.45) is 0 Å². The minimum absolute atomic E-state index is 0.107. The standard InChI is InChI=1S/C13H24O2.CO2/c1-5-9-11(7-3)12(10-6-2)13(14)15-8-4;2-1-3/h5-10H2,1-4H3;/b12-11+;. The molecule has 0 aliphatic rings. The van der Waals surface area contributed by atoms with Crippen LogP contribution in [0, 0.1) is 0 Å². The zero-order valence-electron chi connectivity index (χ0n) is 11.9. The Morgan fingerprint density at radius 2 is 1.50 bits per heavy atom. The van der Waals surface area contributed by atoms with Crippen LogP contribution in [0.2, 0.25) is 0 Å². The molecule has 4 nitrogen and oxygen atoms in total. The lowest BCUT2D eigenvalue weighted by atomic mass is 9.98. The van der Waals surface area contributed by atoms with Crippen LogP contribution < -0.4 is 0 Å². The molecule has 0 radical (unpaired) electrons. The maximum Gasteiger partial charge on any atom is 0.373 e. The van der Waals surface area contributed by atoms with Gasteiger partial charge in [0.25, 0.3) is 0 Å². The van der Waals surface area contributed by atoms with Gasteiger partial charge in [-0.1, -0.05) is 39.2 Å². The van der Waals surface area contributed by atoms with E-state index in [9.17, 15) is 4.79 Å². The molecule has 0 aromatic rings. The maximum atomic E-state index is 11.7. The lowest BCUT2D eigenvalue weighted by Crippen LogP contribution is -2.10. The summed E-state index contributed by atoms with van der Waals surface area (Å²) >= 11 is 0. The zero-order chi connectivity index (χ0) is 14.4. The molecule has 0 saturated heterocycles. The van der Waals surface area contributed by atoms with Crippen LogP contribution in [0.5, 0.6) is 0 Å². The number of esters is 1. The predicted molar refractivity (Wildman–Crippen MR) is 68.8 cm³/mol. The lowest BCUT2D eigenvalue weighted by Gasteiger charge is -2.12. The van der Waals surface area contributed by atoms with Crippen LogP contribution in [-0.2, 0) is 19.1 Å². The molecule has 0 amide bonds. The van der Waals surface area contributed by atoms with E-state index < -0.39 is 0 Å². The number of carbonyl (C=O) groups excluding carboxylic acids is 3. The third kappa shape index (κ3) is 8.71. The monoisotopic (exact) mass is 256 g/mol. The SMILES string of the molecule is CCC/C(CC)=C(\CCC)C(=O)OCC.O=C=O. The molecule has 0 spiro atoms. The second-order valence-corrected chi connectivity index (χ2v) is 3.74. The summed E-state index contributed by atoms with van der Waals surface area (Å²) in [5.74, 6) is -0.107. The van der Waals surface area contributed by atoms with E-state index in [1.807, 2.05) is 6.92 Å². The van der Waals surface area contributed by atoms with Gasteiger partial charge in [0, 0.05) is 5.57 Å². The van der Waals surface area contributed by atoms with Gasteiger partial charge in [0.1, 0.15) is 0 Å². The number of allylic oxidation sites excluding steroid dienone is 1. The van der Waals surface area contributed by atoms with Crippen LogP contribution in [0.3, 0.4) is 0 Å². The number of hydrogen-bond donors (Lipinski definition) is 0. The van der Waals surface area contributed by atoms with Crippen molar-refractivity contribution in [3.05, 3.63) is 11.1 Å². The quantitative estimate of drug-likeness (QED) is 0.518. The van der Waals surface area contributed by atoms with Crippen molar-refractivity contribution < 1.29 is 19.1 Å². The van der Waals surface area contributed by atoms with Crippen LogP contribution in [0.1, 0.15) is 59.8 Å². The summed E-state index contributed by atoms with van der Waals surface area (Å²) in [5.41, 5.74) is 2.20. The highest BCUT2D eigenvalue weighted by molar-refractivity contribution is 5.89. The number of carbonyl (C=O) groups is 1. The second-order valence-electron chi connectivity index (χ2n) is 3.74. The molecule has 0 atom stereocenters. The summed E-state index contributed by atoms with van der Waals surface area (Å²) in [6.45, 7) is 8.67. The van der Waals surface area contributed by atoms with E-state index in [4.69, 9.17) is 14.3 Å². The molecule has 18 heavy (non-hydrogen) atoms. The Labute approximate surface area is 109 Å². The van der Waals surface area contributed by atoms with E-state index in [1.165, 1.54) is 5.57 Å². The third-order valence-corrected chi connectivity index (χ3v) is 2.43. The molecule has 0 aliphatic heterocycles. The summed E-state index contributed by atoms with van der Waals surface area (Å²) in [6, 6.07) is 0. The summed E-state index contributed by atoms with van der Waals surface area (Å²) in [7, 11) is 0. The van der Waals surface area contributed by atoms with E-state index in [0.717, 1.165) is 37.7 Å². The minimum atomic E-state index is -0.107. The Morgan fingerprint density at radius 1 is 1.00 bits per heavy atom. The maximum absolute atomic E-state index is 11.7. The molecule has 0 saturated carbocycles. The molecule has 0 aliphatic carbocycles. The highest BCUT2D eigenvalue weighted by atomic mass is 16.5. The first-order valence-electron chi connectivity index (χ1n) is 6.49. The van der Waals surface area contributed by atoms with Gasteiger partial charge in [0.15, 0.2) is 0 Å². The molecule has 0 rings (SSSR count). The first-order valence-corrected chi connectivity index (χ1v) is 6.49. The van der Waals surface area contributed by atoms with Gasteiger partial charge in [-0.15, -0.1) is 0 Å². The number of ether oxygens (including phenoxy) is 1. The fourth-order valence-corrected chi connectivity index (χ4v) is 1.73. The topological polar surface area (TPSA) is 60.4 Å². The van der Waals surface area contributed by atoms with Crippen molar-refractivity contribution in [3.8, 4) is 0 Å². The summed E-state index contributed by atoms with van der Waals surface area (Å²) < 4.78 is 5.09. The molecule has 0 aromatic heterocycles. The minimum Gasteiger partial charge on any atom is -0.463 e. The molecule has 0 heterocycles. The lowest BCUT2D eigenvalue weighted by molar-refractivity contribution is -0.191. The largest absolute Gasteiger partial charge is 0.463 e. The van der Waals surface area contributed by atoms with E-state index in [2.05, 4.69) is 20.8 Å². The summed E-state index contributed by atoms with van der Waals surface area (Å²) in [5, 5.41) is 0. The summed E-state index contributed by atoms with van der Waals surface area (Å²) in [4.78, 5) is 28.0. The van der Waals surface area contributed by atoms with Crippen LogP contribution in [-0.4, -0.2) is 18.7 Å². The normalized spacial score (nSPS) is 10.7. The molecule has 0 aromatic carbocycles. The molecular weight excluding hydrogens is 232 g/mol. The fraction of sp³-hybridized carbons (Fsp3) is 0.714. The highest BCUT2D eigenvalue weighted by Gasteiger charge is 2.13. The Kier molecular flexibility index (Phi) is 14.4. The van der Waals surface area contributed by atoms with Gasteiger partial charge >= 0.3 is 12.1 Å². The van der Waals surface area contributed by atoms with Gasteiger partial charge in [-0.25, -0.2) is 4.79 Å². The van der Waals surface area contributed by atoms with Gasteiger partial charge in [-0.2, -0.15) is 9.59 Å². The molecule has 4 heteroatoms. The molecule has 0 unspecified atom stereocenters. The second kappa shape index (κ2) is 13.7. The van der Waals surface area contributed by atoms with Crippen molar-refractivity contribution in [1.29, 1.82) is 0 Å². The van der Waals surface area contributed by atoms with Crippen molar-refractivity contribution in [2.75, 3.05) is 6.61 Å². The Balaban J connectivity index is 0. The summed E-state index contributed by atoms with van der Waals surface area (Å²) in [6.07, 6.45) is 5.17. The third-order valence-electron chi connectivity index (χ3n) is 2.43. The van der Waals surface area contributed by atoms with Crippen LogP contribution in [0.15, 0.2) is 11.1 Å². The van der Waals surface area contributed by atoms with Gasteiger partial charge in [-0.3, -0.25) is 0 Å². The van der Waals surface area contributed by atoms with Gasteiger partial charge in [0.05, 0.1) is 6.61 Å². The van der Waals surface area contributed by atoms with Crippen molar-refractivity contribution in [2.45, 2.75) is 59.8 Å². The molecule has 0 fully saturated rings. The number of hydrogen-bond acceptors (Lipinski definition) is 4. The van der Waals surface area contributed by atoms with Crippen molar-refractivity contribution in [1.82, 2.24) is 0 Å². The Hall–Kier alpha value is -1.41. The fourth-order valence-electron chi connectivity index (χ4n) is 1.73. The average Bonchev–Trinajstić information content (AvgIpc) is 2.35.